The van der Waals surface area contributed by atoms with E-state index in [4.69, 9.17) is 15.2 Å². The SMILES string of the molecule is CCc1c(OC)ccc(OC)c1C(C)CCN. The molecule has 17 heavy (non-hydrogen) atoms. The second kappa shape index (κ2) is 6.50. The number of nitrogens with two attached hydrogens (primary N) is 1. The first kappa shape index (κ1) is 13.8. The van der Waals surface area contributed by atoms with Crippen LogP contribution in [0.25, 0.3) is 0 Å². The summed E-state index contributed by atoms with van der Waals surface area (Å²) >= 11 is 0. The summed E-state index contributed by atoms with van der Waals surface area (Å²) in [7, 11) is 3.41. The van der Waals surface area contributed by atoms with E-state index >= 15 is 0 Å². The van der Waals surface area contributed by atoms with Crippen molar-refractivity contribution >= 4 is 0 Å². The lowest BCUT2D eigenvalue weighted by atomic mass is 9.90. The first-order valence-electron chi connectivity index (χ1n) is 6.13. The lowest BCUT2D eigenvalue weighted by Gasteiger charge is -2.21. The van der Waals surface area contributed by atoms with E-state index in [0.717, 1.165) is 24.3 Å². The molecule has 0 bridgehead atoms. The topological polar surface area (TPSA) is 44.5 Å². The second-order valence-corrected chi connectivity index (χ2v) is 4.19. The van der Waals surface area contributed by atoms with E-state index < -0.39 is 0 Å². The molecule has 96 valence electrons. The maximum absolute atomic E-state index is 5.65. The monoisotopic (exact) mass is 237 g/mol. The van der Waals surface area contributed by atoms with Crippen LogP contribution >= 0.6 is 0 Å². The molecule has 1 unspecified atom stereocenters. The van der Waals surface area contributed by atoms with Gasteiger partial charge < -0.3 is 15.2 Å². The highest BCUT2D eigenvalue weighted by molar-refractivity contribution is 5.50. The fourth-order valence-electron chi connectivity index (χ4n) is 2.29. The van der Waals surface area contributed by atoms with Crippen molar-refractivity contribution in [3.8, 4) is 11.5 Å². The van der Waals surface area contributed by atoms with Gasteiger partial charge in [-0.05, 0) is 37.4 Å². The molecule has 0 aliphatic rings. The lowest BCUT2D eigenvalue weighted by Crippen LogP contribution is -2.09. The zero-order valence-electron chi connectivity index (χ0n) is 11.2. The van der Waals surface area contributed by atoms with Crippen LogP contribution < -0.4 is 15.2 Å². The molecule has 0 saturated heterocycles. The van der Waals surface area contributed by atoms with Crippen LogP contribution in [0.4, 0.5) is 0 Å². The Balaban J connectivity index is 3.29. The van der Waals surface area contributed by atoms with Gasteiger partial charge in [0.05, 0.1) is 14.2 Å². The summed E-state index contributed by atoms with van der Waals surface area (Å²) in [6.45, 7) is 5.00. The fourth-order valence-corrected chi connectivity index (χ4v) is 2.29. The van der Waals surface area contributed by atoms with Gasteiger partial charge >= 0.3 is 0 Å². The number of rotatable bonds is 6. The number of ether oxygens (including phenoxy) is 2. The van der Waals surface area contributed by atoms with Gasteiger partial charge in [0.1, 0.15) is 11.5 Å². The van der Waals surface area contributed by atoms with Crippen molar-refractivity contribution in [1.82, 2.24) is 0 Å². The molecular formula is C14H23NO2. The van der Waals surface area contributed by atoms with Crippen LogP contribution in [0, 0.1) is 0 Å². The van der Waals surface area contributed by atoms with E-state index in [1.807, 2.05) is 12.1 Å². The van der Waals surface area contributed by atoms with E-state index in [-0.39, 0.29) is 0 Å². The Morgan fingerprint density at radius 2 is 1.76 bits per heavy atom. The van der Waals surface area contributed by atoms with E-state index in [9.17, 15) is 0 Å². The minimum atomic E-state index is 0.389. The van der Waals surface area contributed by atoms with Gasteiger partial charge in [0.2, 0.25) is 0 Å². The average Bonchev–Trinajstić information content (AvgIpc) is 2.36. The molecule has 0 aliphatic carbocycles. The summed E-state index contributed by atoms with van der Waals surface area (Å²) < 4.78 is 10.9. The average molecular weight is 237 g/mol. The van der Waals surface area contributed by atoms with Crippen molar-refractivity contribution in [2.45, 2.75) is 32.6 Å². The smallest absolute Gasteiger partial charge is 0.122 e. The van der Waals surface area contributed by atoms with Crippen molar-refractivity contribution in [2.75, 3.05) is 20.8 Å². The zero-order valence-corrected chi connectivity index (χ0v) is 11.2. The van der Waals surface area contributed by atoms with E-state index in [2.05, 4.69) is 13.8 Å². The van der Waals surface area contributed by atoms with Crippen LogP contribution in [-0.4, -0.2) is 20.8 Å². The Bertz CT molecular complexity index is 363. The third kappa shape index (κ3) is 2.91. The molecule has 0 aliphatic heterocycles. The first-order valence-corrected chi connectivity index (χ1v) is 6.13. The minimum Gasteiger partial charge on any atom is -0.496 e. The summed E-state index contributed by atoms with van der Waals surface area (Å²) in [5, 5.41) is 0. The summed E-state index contributed by atoms with van der Waals surface area (Å²) in [5.74, 6) is 2.26. The minimum absolute atomic E-state index is 0.389. The van der Waals surface area contributed by atoms with Crippen LogP contribution in [0.2, 0.25) is 0 Å². The van der Waals surface area contributed by atoms with Gasteiger partial charge in [0.15, 0.2) is 0 Å². The molecule has 1 atom stereocenters. The quantitative estimate of drug-likeness (QED) is 0.827. The van der Waals surface area contributed by atoms with Crippen LogP contribution in [0.3, 0.4) is 0 Å². The van der Waals surface area contributed by atoms with Gasteiger partial charge in [0.25, 0.3) is 0 Å². The maximum atomic E-state index is 5.65. The molecule has 0 aromatic heterocycles. The van der Waals surface area contributed by atoms with Crippen LogP contribution in [0.5, 0.6) is 11.5 Å². The molecule has 3 heteroatoms. The second-order valence-electron chi connectivity index (χ2n) is 4.19. The third-order valence-electron chi connectivity index (χ3n) is 3.16. The zero-order chi connectivity index (χ0) is 12.8. The Kier molecular flexibility index (Phi) is 5.29. The van der Waals surface area contributed by atoms with Gasteiger partial charge in [-0.25, -0.2) is 0 Å². The normalized spacial score (nSPS) is 12.3. The largest absolute Gasteiger partial charge is 0.496 e. The van der Waals surface area contributed by atoms with E-state index in [1.54, 1.807) is 14.2 Å². The maximum Gasteiger partial charge on any atom is 0.122 e. The van der Waals surface area contributed by atoms with Crippen molar-refractivity contribution in [3.05, 3.63) is 23.3 Å². The first-order chi connectivity index (χ1) is 8.19. The van der Waals surface area contributed by atoms with E-state index in [1.165, 1.54) is 11.1 Å². The number of hydrogen-bond donors (Lipinski definition) is 1. The number of methoxy groups -OCH3 is 2. The Labute approximate surface area is 104 Å². The highest BCUT2D eigenvalue weighted by Gasteiger charge is 2.18. The van der Waals surface area contributed by atoms with Crippen LogP contribution in [-0.2, 0) is 6.42 Å². The molecule has 0 amide bonds. The molecule has 0 fully saturated rings. The fraction of sp³-hybridized carbons (Fsp3) is 0.571. The lowest BCUT2D eigenvalue weighted by molar-refractivity contribution is 0.391. The third-order valence-corrected chi connectivity index (χ3v) is 3.16. The molecule has 0 spiro atoms. The highest BCUT2D eigenvalue weighted by Crippen LogP contribution is 2.37. The van der Waals surface area contributed by atoms with Gasteiger partial charge in [-0.15, -0.1) is 0 Å². The molecule has 2 N–H and O–H groups in total. The molecule has 3 nitrogen and oxygen atoms in total. The van der Waals surface area contributed by atoms with Crippen molar-refractivity contribution in [1.29, 1.82) is 0 Å². The van der Waals surface area contributed by atoms with Gasteiger partial charge in [0, 0.05) is 11.1 Å². The molecule has 1 aromatic rings. The van der Waals surface area contributed by atoms with Crippen LogP contribution in [0.1, 0.15) is 37.3 Å². The van der Waals surface area contributed by atoms with Crippen LogP contribution in [0.15, 0.2) is 12.1 Å². The summed E-state index contributed by atoms with van der Waals surface area (Å²) in [4.78, 5) is 0. The van der Waals surface area contributed by atoms with Crippen molar-refractivity contribution < 1.29 is 9.47 Å². The summed E-state index contributed by atoms with van der Waals surface area (Å²) in [6.07, 6.45) is 1.89. The summed E-state index contributed by atoms with van der Waals surface area (Å²) in [5.41, 5.74) is 8.11. The molecule has 0 radical (unpaired) electrons. The van der Waals surface area contributed by atoms with Gasteiger partial charge in [-0.1, -0.05) is 13.8 Å². The molecule has 1 aromatic carbocycles. The Hall–Kier alpha value is -1.22. The predicted molar refractivity (Wildman–Crippen MR) is 71.0 cm³/mol. The van der Waals surface area contributed by atoms with Crippen molar-refractivity contribution in [3.63, 3.8) is 0 Å². The molecule has 0 heterocycles. The highest BCUT2D eigenvalue weighted by atomic mass is 16.5. The molecule has 0 saturated carbocycles. The predicted octanol–water partition coefficient (Wildman–Crippen LogP) is 2.72. The molecular weight excluding hydrogens is 214 g/mol. The Morgan fingerprint density at radius 3 is 2.24 bits per heavy atom. The number of hydrogen-bond acceptors (Lipinski definition) is 3. The van der Waals surface area contributed by atoms with Gasteiger partial charge in [-0.3, -0.25) is 0 Å². The standard InChI is InChI=1S/C14H23NO2/c1-5-11-12(16-3)6-7-13(17-4)14(11)10(2)8-9-15/h6-7,10H,5,8-9,15H2,1-4H3. The van der Waals surface area contributed by atoms with Crippen molar-refractivity contribution in [2.24, 2.45) is 5.73 Å². The van der Waals surface area contributed by atoms with E-state index in [0.29, 0.717) is 12.5 Å². The molecule has 1 rings (SSSR count). The summed E-state index contributed by atoms with van der Waals surface area (Å²) in [6, 6.07) is 3.94. The Morgan fingerprint density at radius 1 is 1.18 bits per heavy atom. The van der Waals surface area contributed by atoms with Gasteiger partial charge in [-0.2, -0.15) is 0 Å². The number of benzene rings is 1.